The van der Waals surface area contributed by atoms with Crippen molar-refractivity contribution in [3.05, 3.63) is 24.3 Å². The summed E-state index contributed by atoms with van der Waals surface area (Å²) in [7, 11) is 0. The zero-order valence-electron chi connectivity index (χ0n) is 9.52. The van der Waals surface area contributed by atoms with Gasteiger partial charge in [0.1, 0.15) is 0 Å². The van der Waals surface area contributed by atoms with E-state index in [0.29, 0.717) is 0 Å². The van der Waals surface area contributed by atoms with Crippen LogP contribution in [0.25, 0.3) is 0 Å². The van der Waals surface area contributed by atoms with Crippen molar-refractivity contribution in [1.29, 1.82) is 0 Å². The molecule has 0 saturated carbocycles. The fraction of sp³-hybridized carbons (Fsp3) is 0.500. The SMILES string of the molecule is C#C.C=C(C)/C=C\C.CC.CC. The Morgan fingerprint density at radius 1 is 1.08 bits per heavy atom. The van der Waals surface area contributed by atoms with E-state index in [2.05, 4.69) is 19.4 Å². The van der Waals surface area contributed by atoms with Gasteiger partial charge in [0.05, 0.1) is 0 Å². The monoisotopic (exact) mass is 168 g/mol. The molecular formula is C12H24. The molecule has 0 aliphatic rings. The molecule has 0 radical (unpaired) electrons. The van der Waals surface area contributed by atoms with Crippen LogP contribution in [0, 0.1) is 12.8 Å². The molecule has 0 aliphatic heterocycles. The molecule has 0 heteroatoms. The quantitative estimate of drug-likeness (QED) is 0.401. The first-order valence-electron chi connectivity index (χ1n) is 4.39. The van der Waals surface area contributed by atoms with E-state index in [1.165, 1.54) is 0 Å². The molecule has 0 aliphatic carbocycles. The van der Waals surface area contributed by atoms with Crippen LogP contribution in [-0.4, -0.2) is 0 Å². The maximum Gasteiger partial charge on any atom is -0.0404 e. The van der Waals surface area contributed by atoms with Crippen molar-refractivity contribution < 1.29 is 0 Å². The lowest BCUT2D eigenvalue weighted by Gasteiger charge is -1.75. The molecule has 0 fully saturated rings. The zero-order chi connectivity index (χ0) is 11.0. The fourth-order valence-corrected chi connectivity index (χ4v) is 0.285. The molecule has 0 unspecified atom stereocenters. The van der Waals surface area contributed by atoms with E-state index >= 15 is 0 Å². The lowest BCUT2D eigenvalue weighted by Crippen LogP contribution is -1.54. The van der Waals surface area contributed by atoms with E-state index in [-0.39, 0.29) is 0 Å². The van der Waals surface area contributed by atoms with Crippen LogP contribution in [0.2, 0.25) is 0 Å². The summed E-state index contributed by atoms with van der Waals surface area (Å²) in [6.45, 7) is 15.6. The normalized spacial score (nSPS) is 6.00. The molecule has 0 amide bonds. The summed E-state index contributed by atoms with van der Waals surface area (Å²) in [6, 6.07) is 0. The molecule has 0 saturated heterocycles. The summed E-state index contributed by atoms with van der Waals surface area (Å²) in [6.07, 6.45) is 11.9. The maximum absolute atomic E-state index is 4.00. The molecule has 0 aromatic rings. The van der Waals surface area contributed by atoms with Gasteiger partial charge < -0.3 is 0 Å². The number of hydrogen-bond donors (Lipinski definition) is 0. The lowest BCUT2D eigenvalue weighted by atomic mass is 10.3. The molecule has 0 N–H and O–H groups in total. The third kappa shape index (κ3) is 140. The first-order chi connectivity index (χ1) is 5.77. The summed E-state index contributed by atoms with van der Waals surface area (Å²) in [5.41, 5.74) is 1.11. The second kappa shape index (κ2) is 50.3. The Hall–Kier alpha value is -0.960. The third-order valence-electron chi connectivity index (χ3n) is 0.451. The number of rotatable bonds is 1. The van der Waals surface area contributed by atoms with Gasteiger partial charge in [-0.3, -0.25) is 0 Å². The summed E-state index contributed by atoms with van der Waals surface area (Å²) in [4.78, 5) is 0. The molecule has 0 spiro atoms. The van der Waals surface area contributed by atoms with Crippen molar-refractivity contribution in [2.75, 3.05) is 0 Å². The Morgan fingerprint density at radius 3 is 1.33 bits per heavy atom. The van der Waals surface area contributed by atoms with E-state index < -0.39 is 0 Å². The van der Waals surface area contributed by atoms with Gasteiger partial charge in [-0.25, -0.2) is 0 Å². The van der Waals surface area contributed by atoms with E-state index in [4.69, 9.17) is 0 Å². The Morgan fingerprint density at radius 2 is 1.33 bits per heavy atom. The summed E-state index contributed by atoms with van der Waals surface area (Å²) in [5, 5.41) is 0. The maximum atomic E-state index is 4.00. The highest BCUT2D eigenvalue weighted by molar-refractivity contribution is 5.09. The van der Waals surface area contributed by atoms with Gasteiger partial charge in [-0.2, -0.15) is 0 Å². The predicted octanol–water partition coefficient (Wildman–Crippen LogP) is 4.44. The van der Waals surface area contributed by atoms with Crippen molar-refractivity contribution in [3.8, 4) is 12.8 Å². The Bertz CT molecular complexity index is 93.9. The molecule has 0 heterocycles. The van der Waals surface area contributed by atoms with E-state index in [9.17, 15) is 0 Å². The molecule has 0 rings (SSSR count). The Balaban J connectivity index is -0.0000000453. The van der Waals surface area contributed by atoms with Crippen molar-refractivity contribution in [2.45, 2.75) is 41.5 Å². The van der Waals surface area contributed by atoms with Gasteiger partial charge in [0.2, 0.25) is 0 Å². The van der Waals surface area contributed by atoms with Gasteiger partial charge >= 0.3 is 0 Å². The average Bonchev–Trinajstić information content (AvgIpc) is 2.14. The summed E-state index contributed by atoms with van der Waals surface area (Å²) >= 11 is 0. The predicted molar refractivity (Wildman–Crippen MR) is 62.2 cm³/mol. The lowest BCUT2D eigenvalue weighted by molar-refractivity contribution is 1.50. The number of allylic oxidation sites excluding steroid dienone is 3. The van der Waals surface area contributed by atoms with Crippen LogP contribution >= 0.6 is 0 Å². The van der Waals surface area contributed by atoms with Crippen molar-refractivity contribution in [1.82, 2.24) is 0 Å². The van der Waals surface area contributed by atoms with Crippen LogP contribution in [0.4, 0.5) is 0 Å². The van der Waals surface area contributed by atoms with Gasteiger partial charge in [-0.1, -0.05) is 52.0 Å². The molecule has 12 heavy (non-hydrogen) atoms. The minimum atomic E-state index is 1.11. The molecule has 72 valence electrons. The average molecular weight is 168 g/mol. The smallest absolute Gasteiger partial charge is 0.0404 e. The van der Waals surface area contributed by atoms with E-state index in [1.54, 1.807) is 0 Å². The Kier molecular flexibility index (Phi) is 94.1. The van der Waals surface area contributed by atoms with Crippen molar-refractivity contribution >= 4 is 0 Å². The van der Waals surface area contributed by atoms with Crippen LogP contribution in [-0.2, 0) is 0 Å². The van der Waals surface area contributed by atoms with E-state index in [0.717, 1.165) is 5.57 Å². The second-order valence-corrected chi connectivity index (χ2v) is 1.35. The third-order valence-corrected chi connectivity index (χ3v) is 0.451. The van der Waals surface area contributed by atoms with Crippen molar-refractivity contribution in [2.24, 2.45) is 0 Å². The van der Waals surface area contributed by atoms with Crippen LogP contribution in [0.3, 0.4) is 0 Å². The first kappa shape index (κ1) is 22.5. The highest BCUT2D eigenvalue weighted by atomic mass is 13.7. The van der Waals surface area contributed by atoms with Crippen molar-refractivity contribution in [3.63, 3.8) is 0 Å². The van der Waals surface area contributed by atoms with Crippen LogP contribution in [0.15, 0.2) is 24.3 Å². The fourth-order valence-electron chi connectivity index (χ4n) is 0.285. The van der Waals surface area contributed by atoms with E-state index in [1.807, 2.05) is 53.7 Å². The van der Waals surface area contributed by atoms with Gasteiger partial charge in [0, 0.05) is 0 Å². The zero-order valence-corrected chi connectivity index (χ0v) is 9.52. The minimum Gasteiger partial charge on any atom is -0.124 e. The molecule has 0 nitrogen and oxygen atoms in total. The highest BCUT2D eigenvalue weighted by Crippen LogP contribution is 1.85. The molecule has 0 atom stereocenters. The number of hydrogen-bond acceptors (Lipinski definition) is 0. The Labute approximate surface area is 79.4 Å². The van der Waals surface area contributed by atoms with Crippen LogP contribution < -0.4 is 0 Å². The minimum absolute atomic E-state index is 1.11. The van der Waals surface area contributed by atoms with Gasteiger partial charge in [-0.15, -0.1) is 12.8 Å². The molecule has 0 aromatic carbocycles. The molecular weight excluding hydrogens is 144 g/mol. The van der Waals surface area contributed by atoms with Gasteiger partial charge in [-0.05, 0) is 13.8 Å². The topological polar surface area (TPSA) is 0 Å². The largest absolute Gasteiger partial charge is 0.124 e. The van der Waals surface area contributed by atoms with Gasteiger partial charge in [0.15, 0.2) is 0 Å². The highest BCUT2D eigenvalue weighted by Gasteiger charge is 1.63. The number of terminal acetylenes is 1. The van der Waals surface area contributed by atoms with Crippen LogP contribution in [0.5, 0.6) is 0 Å². The standard InChI is InChI=1S/C6H10.2C2H6.C2H2/c1-4-5-6(2)3;3*1-2/h4-5H,2H2,1,3H3;2*1-2H3;1-2H/b5-4-;;;. The van der Waals surface area contributed by atoms with Crippen LogP contribution in [0.1, 0.15) is 41.5 Å². The molecule has 0 aromatic heterocycles. The summed E-state index contributed by atoms with van der Waals surface area (Å²) in [5.74, 6) is 0. The first-order valence-corrected chi connectivity index (χ1v) is 4.39. The van der Waals surface area contributed by atoms with Gasteiger partial charge in [0.25, 0.3) is 0 Å². The molecule has 0 bridgehead atoms. The summed E-state index contributed by atoms with van der Waals surface area (Å²) < 4.78 is 0. The second-order valence-electron chi connectivity index (χ2n) is 1.35.